The summed E-state index contributed by atoms with van der Waals surface area (Å²) in [6, 6.07) is 13.0. The fourth-order valence-corrected chi connectivity index (χ4v) is 7.46. The largest absolute Gasteiger partial charge is 0.510 e. The van der Waals surface area contributed by atoms with Crippen molar-refractivity contribution in [2.75, 3.05) is 57.7 Å². The number of para-hydroxylation sites is 2. The molecule has 0 radical (unpaired) electrons. The van der Waals surface area contributed by atoms with E-state index in [1.54, 1.807) is 26.0 Å². The van der Waals surface area contributed by atoms with Crippen LogP contribution < -0.4 is 18.5 Å². The molecule has 0 aliphatic heterocycles. The number of unbranched alkanes of at least 4 members (excludes halogenated alkanes) is 1. The molecular weight excluding hydrogens is 985 g/mol. The van der Waals surface area contributed by atoms with E-state index in [2.05, 4.69) is 34.4 Å². The zero-order valence-electron chi connectivity index (χ0n) is 39.2. The minimum absolute atomic E-state index is 0.0228. The van der Waals surface area contributed by atoms with Gasteiger partial charge < -0.3 is 47.7 Å². The molecule has 0 bridgehead atoms. The summed E-state index contributed by atoms with van der Waals surface area (Å²) >= 11 is 0. The predicted molar refractivity (Wildman–Crippen MR) is 241 cm³/mol. The van der Waals surface area contributed by atoms with Gasteiger partial charge in [0.25, 0.3) is 31.2 Å². The van der Waals surface area contributed by atoms with Crippen molar-refractivity contribution >= 4 is 33.9 Å². The molecule has 0 aliphatic carbocycles. The van der Waals surface area contributed by atoms with Crippen LogP contribution in [0.5, 0.6) is 23.1 Å². The molecule has 0 aliphatic rings. The fourth-order valence-electron chi connectivity index (χ4n) is 5.97. The van der Waals surface area contributed by atoms with Crippen molar-refractivity contribution in [3.05, 3.63) is 103 Å². The van der Waals surface area contributed by atoms with E-state index >= 15 is 8.42 Å². The highest BCUT2D eigenvalue weighted by atomic mass is 32.2. The topological polar surface area (TPSA) is 362 Å². The normalized spacial score (nSPS) is 11.5. The second kappa shape index (κ2) is 27.7. The summed E-state index contributed by atoms with van der Waals surface area (Å²) < 4.78 is 70.3. The van der Waals surface area contributed by atoms with Gasteiger partial charge in [0.05, 0.1) is 38.4 Å². The van der Waals surface area contributed by atoms with Crippen LogP contribution in [0.4, 0.5) is 10.6 Å². The molecule has 0 N–H and O–H groups in total. The van der Waals surface area contributed by atoms with E-state index < -0.39 is 90.6 Å². The number of esters is 2. The van der Waals surface area contributed by atoms with Crippen molar-refractivity contribution in [1.82, 2.24) is 19.9 Å². The van der Waals surface area contributed by atoms with E-state index in [4.69, 9.17) is 33.2 Å². The lowest BCUT2D eigenvalue weighted by Gasteiger charge is -2.31. The van der Waals surface area contributed by atoms with E-state index in [0.29, 0.717) is 9.87 Å². The van der Waals surface area contributed by atoms with Crippen LogP contribution >= 0.6 is 0 Å². The zero-order valence-corrected chi connectivity index (χ0v) is 40.0. The molecule has 2 aromatic carbocycles. The van der Waals surface area contributed by atoms with Crippen LogP contribution in [0.1, 0.15) is 64.9 Å². The van der Waals surface area contributed by atoms with Crippen molar-refractivity contribution < 1.29 is 85.7 Å². The number of hydrogen-bond acceptors (Lipinski definition) is 25. The molecule has 30 heteroatoms. The Morgan fingerprint density at radius 2 is 1.26 bits per heavy atom. The van der Waals surface area contributed by atoms with Gasteiger partial charge in [-0.25, -0.2) is 32.5 Å². The summed E-state index contributed by atoms with van der Waals surface area (Å²) in [7, 11) is -3.65. The standard InChI is InChI=1S/C42H50N8O21S/c1-29(70-41(53)65-22-7-8-23-67-48(54)55)47(72(60,61)31-18-16-30(17-19-31)42(2,3)28-66-35(52)15-10-25-69-50(58)59)39-36(71-33-13-6-5-12-32(33)62-4)40(46-38(45-39)37-43-20-11-21-44-37)64-27-26-63-34(51)14-9-24-68-49(56)57/h5-6,11-13,16-21,29H,7-10,14-15,22-28H2,1-4H3. The number of benzene rings is 2. The number of carbonyl (C=O) groups excluding carboxylic acids is 3. The third kappa shape index (κ3) is 17.8. The van der Waals surface area contributed by atoms with Crippen molar-refractivity contribution in [2.45, 2.75) is 75.8 Å². The molecule has 4 aromatic rings. The van der Waals surface area contributed by atoms with E-state index in [9.17, 15) is 44.7 Å². The number of anilines is 1. The van der Waals surface area contributed by atoms with Crippen molar-refractivity contribution in [3.63, 3.8) is 0 Å². The van der Waals surface area contributed by atoms with E-state index in [0.717, 1.165) is 0 Å². The minimum atomic E-state index is -4.99. The molecule has 1 unspecified atom stereocenters. The lowest BCUT2D eigenvalue weighted by Crippen LogP contribution is -2.42. The first kappa shape index (κ1) is 56.2. The molecule has 0 saturated carbocycles. The molecule has 0 saturated heterocycles. The van der Waals surface area contributed by atoms with E-state index in [1.165, 1.54) is 68.9 Å². The van der Waals surface area contributed by atoms with Gasteiger partial charge in [-0.2, -0.15) is 4.98 Å². The molecule has 2 heterocycles. The number of hydrogen-bond donors (Lipinski definition) is 0. The van der Waals surface area contributed by atoms with Gasteiger partial charge in [0.15, 0.2) is 29.4 Å². The van der Waals surface area contributed by atoms with Gasteiger partial charge in [-0.05, 0) is 68.5 Å². The second-order valence-electron chi connectivity index (χ2n) is 15.2. The summed E-state index contributed by atoms with van der Waals surface area (Å²) in [6.45, 7) is 2.28. The van der Waals surface area contributed by atoms with Gasteiger partial charge in [-0.1, -0.05) is 38.1 Å². The Hall–Kier alpha value is -8.44. The summed E-state index contributed by atoms with van der Waals surface area (Å²) in [4.78, 5) is 99.2. The number of ether oxygens (including phenoxy) is 7. The van der Waals surface area contributed by atoms with Gasteiger partial charge in [-0.3, -0.25) is 9.59 Å². The van der Waals surface area contributed by atoms with Gasteiger partial charge in [0.2, 0.25) is 11.6 Å². The fraction of sp³-hybridized carbons (Fsp3) is 0.452. The number of rotatable bonds is 32. The Bertz CT molecular complexity index is 2580. The second-order valence-corrected chi connectivity index (χ2v) is 17.0. The molecule has 2 aromatic heterocycles. The Morgan fingerprint density at radius 1 is 0.694 bits per heavy atom. The first-order valence-corrected chi connectivity index (χ1v) is 23.0. The SMILES string of the molecule is COc1ccccc1Oc1c(OCCOC(=O)CCCO[N+](=O)[O-])nc(-c2ncccn2)nc1N(C(C)OC(=O)OCCCCO[N+](=O)[O-])S(=O)(=O)c1ccc(C(C)(C)COC(=O)CCCO[N+](=O)[O-])cc1. The highest BCUT2D eigenvalue weighted by Gasteiger charge is 2.39. The highest BCUT2D eigenvalue weighted by molar-refractivity contribution is 7.92. The average Bonchev–Trinajstić information content (AvgIpc) is 3.34. The van der Waals surface area contributed by atoms with Crippen molar-refractivity contribution in [2.24, 2.45) is 0 Å². The third-order valence-corrected chi connectivity index (χ3v) is 11.3. The van der Waals surface area contributed by atoms with Crippen molar-refractivity contribution in [1.29, 1.82) is 0 Å². The average molecular weight is 1030 g/mol. The van der Waals surface area contributed by atoms with E-state index in [-0.39, 0.29) is 94.7 Å². The maximum Gasteiger partial charge on any atom is 0.510 e. The summed E-state index contributed by atoms with van der Waals surface area (Å²) in [5.41, 5.74) is -0.412. The van der Waals surface area contributed by atoms with Crippen LogP contribution in [0.2, 0.25) is 0 Å². The number of nitrogens with zero attached hydrogens (tertiary/aromatic N) is 8. The first-order valence-electron chi connectivity index (χ1n) is 21.6. The number of sulfonamides is 1. The van der Waals surface area contributed by atoms with Crippen LogP contribution in [0.15, 0.2) is 71.9 Å². The quantitative estimate of drug-likeness (QED) is 0.0153. The molecule has 0 fully saturated rings. The summed E-state index contributed by atoms with van der Waals surface area (Å²) in [6.07, 6.45) is -0.758. The van der Waals surface area contributed by atoms with Gasteiger partial charge >= 0.3 is 18.1 Å². The Kier molecular flexibility index (Phi) is 21.6. The molecule has 1 atom stereocenters. The van der Waals surface area contributed by atoms with Gasteiger partial charge in [-0.15, -0.1) is 30.3 Å². The number of aromatic nitrogens is 4. The summed E-state index contributed by atoms with van der Waals surface area (Å²) in [5.74, 6) is -3.43. The zero-order chi connectivity index (χ0) is 52.7. The third-order valence-electron chi connectivity index (χ3n) is 9.44. The summed E-state index contributed by atoms with van der Waals surface area (Å²) in [5, 5.41) is 28.5. The minimum Gasteiger partial charge on any atom is -0.493 e. The maximum atomic E-state index is 15.2. The maximum absolute atomic E-state index is 15.2. The van der Waals surface area contributed by atoms with Gasteiger partial charge in [0, 0.05) is 30.7 Å². The van der Waals surface area contributed by atoms with Crippen LogP contribution in [0.25, 0.3) is 11.6 Å². The molecule has 390 valence electrons. The van der Waals surface area contributed by atoms with Crippen molar-refractivity contribution in [3.8, 4) is 34.8 Å². The Balaban J connectivity index is 1.81. The predicted octanol–water partition coefficient (Wildman–Crippen LogP) is 5.14. The van der Waals surface area contributed by atoms with Crippen LogP contribution in [0, 0.1) is 30.3 Å². The molecule has 0 amide bonds. The lowest BCUT2D eigenvalue weighted by atomic mass is 9.86. The van der Waals surface area contributed by atoms with E-state index in [1.807, 2.05) is 0 Å². The smallest absolute Gasteiger partial charge is 0.493 e. The molecular formula is C42H50N8O21S. The highest BCUT2D eigenvalue weighted by Crippen LogP contribution is 2.44. The van der Waals surface area contributed by atoms with Crippen LogP contribution in [0.3, 0.4) is 0 Å². The van der Waals surface area contributed by atoms with Crippen LogP contribution in [-0.2, 0) is 58.5 Å². The van der Waals surface area contributed by atoms with Gasteiger partial charge in [0.1, 0.15) is 19.8 Å². The molecule has 4 rings (SSSR count). The molecule has 72 heavy (non-hydrogen) atoms. The van der Waals surface area contributed by atoms with Crippen LogP contribution in [-0.4, -0.2) is 121 Å². The Labute approximate surface area is 409 Å². The lowest BCUT2D eigenvalue weighted by molar-refractivity contribution is -0.757. The Morgan fingerprint density at radius 3 is 1.86 bits per heavy atom. The molecule has 0 spiro atoms. The number of methoxy groups -OCH3 is 1. The first-order chi connectivity index (χ1) is 34.3. The monoisotopic (exact) mass is 1030 g/mol. The molecule has 29 nitrogen and oxygen atoms in total. The number of carbonyl (C=O) groups is 3.